The number of methoxy groups -OCH3 is 1. The maximum atomic E-state index is 12.2. The van der Waals surface area contributed by atoms with E-state index >= 15 is 0 Å². The summed E-state index contributed by atoms with van der Waals surface area (Å²) < 4.78 is 4.65. The first-order chi connectivity index (χ1) is 8.89. The fourth-order valence-corrected chi connectivity index (χ4v) is 1.76. The molecule has 1 heterocycles. The van der Waals surface area contributed by atoms with Gasteiger partial charge in [-0.3, -0.25) is 14.6 Å². The van der Waals surface area contributed by atoms with Gasteiger partial charge in [-0.25, -0.2) is 0 Å². The van der Waals surface area contributed by atoms with Crippen molar-refractivity contribution in [3.8, 4) is 0 Å². The molecule has 0 fully saturated rings. The van der Waals surface area contributed by atoms with Crippen molar-refractivity contribution in [1.82, 2.24) is 9.88 Å². The highest BCUT2D eigenvalue weighted by atomic mass is 16.5. The third-order valence-corrected chi connectivity index (χ3v) is 3.04. The molecule has 0 saturated heterocycles. The van der Waals surface area contributed by atoms with E-state index < -0.39 is 11.4 Å². The monoisotopic (exact) mass is 264 g/mol. The van der Waals surface area contributed by atoms with E-state index in [1.807, 2.05) is 12.1 Å². The Morgan fingerprint density at radius 1 is 1.42 bits per heavy atom. The Hall–Kier alpha value is -1.91. The van der Waals surface area contributed by atoms with E-state index in [0.29, 0.717) is 13.0 Å². The molecule has 104 valence electrons. The normalized spacial score (nSPS) is 10.9. The van der Waals surface area contributed by atoms with Crippen molar-refractivity contribution in [2.24, 2.45) is 5.41 Å². The molecule has 0 aliphatic carbocycles. The number of ether oxygens (including phenoxy) is 1. The fraction of sp³-hybridized carbons (Fsp3) is 0.500. The topological polar surface area (TPSA) is 59.5 Å². The maximum Gasteiger partial charge on any atom is 0.320 e. The molecule has 0 bridgehead atoms. The minimum atomic E-state index is -1.15. The van der Waals surface area contributed by atoms with E-state index in [9.17, 15) is 9.59 Å². The van der Waals surface area contributed by atoms with E-state index in [-0.39, 0.29) is 5.91 Å². The number of carbonyl (C=O) groups is 2. The summed E-state index contributed by atoms with van der Waals surface area (Å²) in [4.78, 5) is 29.3. The van der Waals surface area contributed by atoms with Gasteiger partial charge in [-0.1, -0.05) is 6.07 Å². The van der Waals surface area contributed by atoms with E-state index in [4.69, 9.17) is 0 Å². The Bertz CT molecular complexity index is 443. The lowest BCUT2D eigenvalue weighted by atomic mass is 9.92. The van der Waals surface area contributed by atoms with E-state index in [1.165, 1.54) is 7.11 Å². The average molecular weight is 264 g/mol. The van der Waals surface area contributed by atoms with E-state index in [2.05, 4.69) is 9.72 Å². The summed E-state index contributed by atoms with van der Waals surface area (Å²) in [6.07, 6.45) is 4.18. The summed E-state index contributed by atoms with van der Waals surface area (Å²) in [5.74, 6) is -0.769. The quantitative estimate of drug-likeness (QED) is 0.594. The number of likely N-dealkylation sites (N-methyl/N-ethyl adjacent to an activating group) is 1. The van der Waals surface area contributed by atoms with Crippen LogP contribution in [0, 0.1) is 5.41 Å². The van der Waals surface area contributed by atoms with Crippen LogP contribution < -0.4 is 0 Å². The lowest BCUT2D eigenvalue weighted by molar-refractivity contribution is -0.160. The van der Waals surface area contributed by atoms with Gasteiger partial charge in [0.15, 0.2) is 0 Å². The summed E-state index contributed by atoms with van der Waals surface area (Å²) in [5.41, 5.74) is -0.101. The maximum absolute atomic E-state index is 12.2. The van der Waals surface area contributed by atoms with Gasteiger partial charge < -0.3 is 9.64 Å². The van der Waals surface area contributed by atoms with Crippen molar-refractivity contribution < 1.29 is 14.3 Å². The average Bonchev–Trinajstić information content (AvgIpc) is 2.43. The van der Waals surface area contributed by atoms with Crippen molar-refractivity contribution in [2.75, 3.05) is 20.7 Å². The number of hydrogen-bond acceptors (Lipinski definition) is 4. The number of hydrogen-bond donors (Lipinski definition) is 0. The van der Waals surface area contributed by atoms with Crippen LogP contribution in [0.4, 0.5) is 0 Å². The lowest BCUT2D eigenvalue weighted by Gasteiger charge is -2.27. The number of amides is 1. The van der Waals surface area contributed by atoms with Crippen molar-refractivity contribution in [3.05, 3.63) is 30.1 Å². The van der Waals surface area contributed by atoms with Gasteiger partial charge in [0.25, 0.3) is 0 Å². The number of esters is 1. The third-order valence-electron chi connectivity index (χ3n) is 3.04. The van der Waals surface area contributed by atoms with Crippen LogP contribution in [0.3, 0.4) is 0 Å². The fourth-order valence-electron chi connectivity index (χ4n) is 1.76. The molecule has 1 aromatic heterocycles. The van der Waals surface area contributed by atoms with Crippen molar-refractivity contribution in [1.29, 1.82) is 0 Å². The van der Waals surface area contributed by atoms with Gasteiger partial charge in [0.1, 0.15) is 5.41 Å². The minimum absolute atomic E-state index is 0.247. The molecule has 0 aliphatic rings. The number of pyridine rings is 1. The van der Waals surface area contributed by atoms with Crippen LogP contribution in [0.25, 0.3) is 0 Å². The first kappa shape index (κ1) is 15.1. The predicted octanol–water partition coefficient (Wildman–Crippen LogP) is 1.28. The Kier molecular flexibility index (Phi) is 5.03. The molecule has 0 aliphatic heterocycles. The molecule has 0 N–H and O–H groups in total. The highest BCUT2D eigenvalue weighted by Gasteiger charge is 2.39. The van der Waals surface area contributed by atoms with Crippen molar-refractivity contribution in [2.45, 2.75) is 20.3 Å². The molecular formula is C14H20N2O3. The Morgan fingerprint density at radius 3 is 2.63 bits per heavy atom. The Balaban J connectivity index is 2.61. The van der Waals surface area contributed by atoms with Gasteiger partial charge in [0, 0.05) is 26.0 Å². The summed E-state index contributed by atoms with van der Waals surface area (Å²) in [7, 11) is 2.97. The minimum Gasteiger partial charge on any atom is -0.468 e. The summed E-state index contributed by atoms with van der Waals surface area (Å²) in [6.45, 7) is 3.68. The summed E-state index contributed by atoms with van der Waals surface area (Å²) >= 11 is 0. The van der Waals surface area contributed by atoms with Gasteiger partial charge in [-0.2, -0.15) is 0 Å². The molecule has 1 rings (SSSR count). The molecule has 0 spiro atoms. The highest BCUT2D eigenvalue weighted by molar-refractivity contribution is 6.01. The largest absolute Gasteiger partial charge is 0.468 e. The molecule has 5 heteroatoms. The van der Waals surface area contributed by atoms with Crippen LogP contribution in [0.2, 0.25) is 0 Å². The molecule has 1 aromatic rings. The standard InChI is InChI=1S/C14H20N2O3/c1-14(2,13(18)19-4)12(17)16(3)9-7-11-6-5-8-15-10-11/h5-6,8,10H,7,9H2,1-4H3. The zero-order valence-corrected chi connectivity index (χ0v) is 11.8. The Morgan fingerprint density at radius 2 is 2.11 bits per heavy atom. The molecule has 5 nitrogen and oxygen atoms in total. The second kappa shape index (κ2) is 6.31. The molecule has 19 heavy (non-hydrogen) atoms. The second-order valence-corrected chi connectivity index (χ2v) is 4.95. The summed E-state index contributed by atoms with van der Waals surface area (Å²) in [5, 5.41) is 0. The van der Waals surface area contributed by atoms with Crippen molar-refractivity contribution >= 4 is 11.9 Å². The number of aromatic nitrogens is 1. The van der Waals surface area contributed by atoms with Gasteiger partial charge in [-0.15, -0.1) is 0 Å². The second-order valence-electron chi connectivity index (χ2n) is 4.95. The number of nitrogens with zero attached hydrogens (tertiary/aromatic N) is 2. The molecule has 0 saturated carbocycles. The van der Waals surface area contributed by atoms with Gasteiger partial charge >= 0.3 is 5.97 Å². The van der Waals surface area contributed by atoms with Gasteiger partial charge in [0.05, 0.1) is 7.11 Å². The van der Waals surface area contributed by atoms with E-state index in [1.54, 1.807) is 38.2 Å². The molecule has 0 unspecified atom stereocenters. The van der Waals surface area contributed by atoms with Crippen LogP contribution in [0.5, 0.6) is 0 Å². The van der Waals surface area contributed by atoms with Crippen LogP contribution in [0.15, 0.2) is 24.5 Å². The van der Waals surface area contributed by atoms with Crippen molar-refractivity contribution in [3.63, 3.8) is 0 Å². The third kappa shape index (κ3) is 3.77. The van der Waals surface area contributed by atoms with Crippen LogP contribution in [0.1, 0.15) is 19.4 Å². The zero-order chi connectivity index (χ0) is 14.5. The molecule has 0 aromatic carbocycles. The molecule has 0 radical (unpaired) electrons. The Labute approximate surface area is 113 Å². The molecule has 0 atom stereocenters. The van der Waals surface area contributed by atoms with Crippen LogP contribution in [-0.4, -0.2) is 42.5 Å². The highest BCUT2D eigenvalue weighted by Crippen LogP contribution is 2.20. The van der Waals surface area contributed by atoms with Crippen LogP contribution in [-0.2, 0) is 20.7 Å². The lowest BCUT2D eigenvalue weighted by Crippen LogP contribution is -2.44. The molecular weight excluding hydrogens is 244 g/mol. The predicted molar refractivity (Wildman–Crippen MR) is 71.4 cm³/mol. The summed E-state index contributed by atoms with van der Waals surface area (Å²) in [6, 6.07) is 3.81. The van der Waals surface area contributed by atoms with Gasteiger partial charge in [-0.05, 0) is 31.9 Å². The zero-order valence-electron chi connectivity index (χ0n) is 11.8. The van der Waals surface area contributed by atoms with Gasteiger partial charge in [0.2, 0.25) is 5.91 Å². The number of carbonyl (C=O) groups excluding carboxylic acids is 2. The molecule has 1 amide bonds. The number of rotatable bonds is 5. The first-order valence-corrected chi connectivity index (χ1v) is 6.12. The SMILES string of the molecule is COC(=O)C(C)(C)C(=O)N(C)CCc1cccnc1. The van der Waals surface area contributed by atoms with E-state index in [0.717, 1.165) is 5.56 Å². The van der Waals surface area contributed by atoms with Crippen LogP contribution >= 0.6 is 0 Å². The smallest absolute Gasteiger partial charge is 0.320 e. The first-order valence-electron chi connectivity index (χ1n) is 6.12.